The Bertz CT molecular complexity index is 980. The van der Waals surface area contributed by atoms with Crippen molar-refractivity contribution in [1.82, 2.24) is 10.2 Å². The van der Waals surface area contributed by atoms with Gasteiger partial charge in [0.25, 0.3) is 5.91 Å². The first-order valence-electron chi connectivity index (χ1n) is 10.3. The number of hydrogen-bond donors (Lipinski definition) is 1. The van der Waals surface area contributed by atoms with Crippen LogP contribution in [0.15, 0.2) is 42.5 Å². The van der Waals surface area contributed by atoms with Crippen LogP contribution in [0.25, 0.3) is 0 Å². The molecule has 1 fully saturated rings. The summed E-state index contributed by atoms with van der Waals surface area (Å²) in [6, 6.07) is 12.9. The van der Waals surface area contributed by atoms with Gasteiger partial charge in [0.2, 0.25) is 0 Å². The van der Waals surface area contributed by atoms with Crippen LogP contribution in [-0.4, -0.2) is 29.2 Å². The number of carbonyl (C=O) groups is 3. The van der Waals surface area contributed by atoms with Gasteiger partial charge in [-0.1, -0.05) is 49.7 Å². The molecule has 29 heavy (non-hydrogen) atoms. The molecule has 1 aliphatic carbocycles. The molecule has 1 atom stereocenters. The lowest BCUT2D eigenvalue weighted by atomic mass is 9.91. The van der Waals surface area contributed by atoms with Crippen LogP contribution in [0.5, 0.6) is 0 Å². The number of nitrogens with one attached hydrogen (secondary N) is 1. The predicted octanol–water partition coefficient (Wildman–Crippen LogP) is 3.78. The molecule has 5 nitrogen and oxygen atoms in total. The van der Waals surface area contributed by atoms with E-state index in [4.69, 9.17) is 0 Å². The Morgan fingerprint density at radius 3 is 2.52 bits per heavy atom. The Labute approximate surface area is 171 Å². The molecule has 1 saturated heterocycles. The highest BCUT2D eigenvalue weighted by Crippen LogP contribution is 2.30. The fourth-order valence-electron chi connectivity index (χ4n) is 4.31. The van der Waals surface area contributed by atoms with Gasteiger partial charge in [-0.25, -0.2) is 4.79 Å². The van der Waals surface area contributed by atoms with Crippen LogP contribution in [0.2, 0.25) is 0 Å². The number of Topliss-reactive ketones (excluding diaryl/α,β-unsaturated/α-hetero) is 1. The molecule has 1 heterocycles. The number of hydrogen-bond acceptors (Lipinski definition) is 3. The first-order chi connectivity index (χ1) is 13.9. The van der Waals surface area contributed by atoms with Gasteiger partial charge in [0.1, 0.15) is 5.54 Å². The molecule has 2 aromatic carbocycles. The normalized spacial score (nSPS) is 20.7. The number of aryl methyl sites for hydroxylation is 3. The topological polar surface area (TPSA) is 66.5 Å². The monoisotopic (exact) mass is 390 g/mol. The largest absolute Gasteiger partial charge is 0.325 e. The Kier molecular flexibility index (Phi) is 4.99. The first-order valence-corrected chi connectivity index (χ1v) is 10.3. The van der Waals surface area contributed by atoms with Crippen molar-refractivity contribution in [3.63, 3.8) is 0 Å². The smallest absolute Gasteiger partial charge is 0.319 e. The highest BCUT2D eigenvalue weighted by atomic mass is 16.2. The van der Waals surface area contributed by atoms with Gasteiger partial charge in [-0.05, 0) is 60.9 Å². The third kappa shape index (κ3) is 3.46. The molecular weight excluding hydrogens is 364 g/mol. The summed E-state index contributed by atoms with van der Waals surface area (Å²) in [7, 11) is 0. The van der Waals surface area contributed by atoms with Crippen LogP contribution in [0.1, 0.15) is 59.3 Å². The summed E-state index contributed by atoms with van der Waals surface area (Å²) >= 11 is 0. The van der Waals surface area contributed by atoms with E-state index in [1.807, 2.05) is 36.4 Å². The van der Waals surface area contributed by atoms with Gasteiger partial charge in [-0.3, -0.25) is 14.5 Å². The fourth-order valence-corrected chi connectivity index (χ4v) is 4.31. The second-order valence-corrected chi connectivity index (χ2v) is 8.15. The maximum Gasteiger partial charge on any atom is 0.325 e. The molecule has 0 spiro atoms. The number of urea groups is 1. The molecule has 4 rings (SSSR count). The van der Waals surface area contributed by atoms with Crippen molar-refractivity contribution in [2.75, 3.05) is 6.54 Å². The first kappa shape index (κ1) is 19.4. The van der Waals surface area contributed by atoms with Crippen molar-refractivity contribution in [3.05, 3.63) is 70.3 Å². The zero-order chi connectivity index (χ0) is 20.6. The minimum atomic E-state index is -1.15. The number of fused-ring (bicyclic) bond motifs is 1. The van der Waals surface area contributed by atoms with Gasteiger partial charge in [0.05, 0.1) is 6.54 Å². The highest BCUT2D eigenvalue weighted by Gasteiger charge is 2.49. The van der Waals surface area contributed by atoms with E-state index in [1.165, 1.54) is 16.7 Å². The van der Waals surface area contributed by atoms with Crippen LogP contribution in [-0.2, 0) is 29.6 Å². The summed E-state index contributed by atoms with van der Waals surface area (Å²) in [5.74, 6) is -0.606. The van der Waals surface area contributed by atoms with Gasteiger partial charge in [-0.2, -0.15) is 0 Å². The number of carbonyl (C=O) groups excluding carboxylic acids is 3. The molecule has 1 aliphatic heterocycles. The molecular formula is C24H26N2O3. The van der Waals surface area contributed by atoms with Gasteiger partial charge in [0, 0.05) is 5.56 Å². The predicted molar refractivity (Wildman–Crippen MR) is 111 cm³/mol. The fraction of sp³-hybridized carbons (Fsp3) is 0.375. The molecule has 5 heteroatoms. The van der Waals surface area contributed by atoms with Crippen molar-refractivity contribution >= 4 is 17.7 Å². The van der Waals surface area contributed by atoms with Crippen molar-refractivity contribution < 1.29 is 14.4 Å². The number of nitrogens with zero attached hydrogens (tertiary/aromatic N) is 1. The average Bonchev–Trinajstić information content (AvgIpc) is 3.27. The third-order valence-electron chi connectivity index (χ3n) is 6.07. The average molecular weight is 390 g/mol. The van der Waals surface area contributed by atoms with Crippen LogP contribution < -0.4 is 5.32 Å². The van der Waals surface area contributed by atoms with E-state index in [-0.39, 0.29) is 18.2 Å². The van der Waals surface area contributed by atoms with Crippen LogP contribution >= 0.6 is 0 Å². The van der Waals surface area contributed by atoms with E-state index in [1.54, 1.807) is 13.0 Å². The van der Waals surface area contributed by atoms with E-state index in [0.29, 0.717) is 5.56 Å². The molecule has 2 aliphatic rings. The lowest BCUT2D eigenvalue weighted by Gasteiger charge is -2.22. The number of imide groups is 1. The molecule has 1 unspecified atom stereocenters. The maximum absolute atomic E-state index is 13.1. The zero-order valence-corrected chi connectivity index (χ0v) is 17.0. The number of amides is 3. The molecule has 0 aromatic heterocycles. The Morgan fingerprint density at radius 2 is 1.79 bits per heavy atom. The molecule has 0 radical (unpaired) electrons. The summed E-state index contributed by atoms with van der Waals surface area (Å²) in [5, 5.41) is 2.78. The molecule has 150 valence electrons. The number of rotatable bonds is 6. The minimum Gasteiger partial charge on any atom is -0.319 e. The van der Waals surface area contributed by atoms with E-state index in [0.717, 1.165) is 42.6 Å². The number of ketones is 1. The van der Waals surface area contributed by atoms with Crippen LogP contribution in [0.3, 0.4) is 0 Å². The Balaban J connectivity index is 1.52. The number of benzene rings is 2. The molecule has 0 bridgehead atoms. The summed E-state index contributed by atoms with van der Waals surface area (Å²) in [4.78, 5) is 39.5. The minimum absolute atomic E-state index is 0.217. The van der Waals surface area contributed by atoms with Crippen molar-refractivity contribution in [2.24, 2.45) is 0 Å². The third-order valence-corrected chi connectivity index (χ3v) is 6.07. The van der Waals surface area contributed by atoms with E-state index in [2.05, 4.69) is 12.2 Å². The summed E-state index contributed by atoms with van der Waals surface area (Å²) in [6.07, 6.45) is 5.15. The van der Waals surface area contributed by atoms with Gasteiger partial charge >= 0.3 is 6.03 Å². The van der Waals surface area contributed by atoms with Crippen molar-refractivity contribution in [2.45, 2.75) is 51.5 Å². The maximum atomic E-state index is 13.1. The SMILES string of the molecule is CCCc1ccc(C2(C)NC(=O)N(CC(=O)c3ccc4c(c3)CCC4)C2=O)cc1. The molecule has 2 aromatic rings. The quantitative estimate of drug-likeness (QED) is 0.603. The summed E-state index contributed by atoms with van der Waals surface area (Å²) < 4.78 is 0. The summed E-state index contributed by atoms with van der Waals surface area (Å²) in [6.45, 7) is 3.57. The van der Waals surface area contributed by atoms with Crippen LogP contribution in [0.4, 0.5) is 4.79 Å². The molecule has 3 amide bonds. The van der Waals surface area contributed by atoms with E-state index < -0.39 is 11.6 Å². The highest BCUT2D eigenvalue weighted by molar-refractivity contribution is 6.11. The van der Waals surface area contributed by atoms with Gasteiger partial charge in [-0.15, -0.1) is 0 Å². The molecule has 1 N–H and O–H groups in total. The lowest BCUT2D eigenvalue weighted by Crippen LogP contribution is -2.41. The Hall–Kier alpha value is -2.95. The van der Waals surface area contributed by atoms with Crippen LogP contribution in [0, 0.1) is 0 Å². The lowest BCUT2D eigenvalue weighted by molar-refractivity contribution is -0.130. The second-order valence-electron chi connectivity index (χ2n) is 8.15. The van der Waals surface area contributed by atoms with Gasteiger partial charge in [0.15, 0.2) is 5.78 Å². The van der Waals surface area contributed by atoms with E-state index >= 15 is 0 Å². The standard InChI is InChI=1S/C24H26N2O3/c1-3-5-16-8-12-20(13-9-16)24(2)22(28)26(23(29)25-24)15-21(27)19-11-10-17-6-4-7-18(17)14-19/h8-14H,3-7,15H2,1-2H3,(H,25,29). The Morgan fingerprint density at radius 1 is 1.07 bits per heavy atom. The molecule has 0 saturated carbocycles. The zero-order valence-electron chi connectivity index (χ0n) is 17.0. The van der Waals surface area contributed by atoms with Crippen molar-refractivity contribution in [3.8, 4) is 0 Å². The summed E-state index contributed by atoms with van der Waals surface area (Å²) in [5.41, 5.74) is 3.81. The van der Waals surface area contributed by atoms with Crippen molar-refractivity contribution in [1.29, 1.82) is 0 Å². The van der Waals surface area contributed by atoms with Gasteiger partial charge < -0.3 is 5.32 Å². The second kappa shape index (κ2) is 7.47. The van der Waals surface area contributed by atoms with E-state index in [9.17, 15) is 14.4 Å².